The lowest BCUT2D eigenvalue weighted by Crippen LogP contribution is -2.36. The zero-order chi connectivity index (χ0) is 21.3. The van der Waals surface area contributed by atoms with E-state index in [0.29, 0.717) is 30.8 Å². The maximum absolute atomic E-state index is 12.1. The first-order valence-electron chi connectivity index (χ1n) is 10.4. The molecular formula is C21H35N3O4S. The van der Waals surface area contributed by atoms with E-state index < -0.39 is 10.0 Å². The molecular weight excluding hydrogens is 390 g/mol. The number of sulfonamides is 1. The summed E-state index contributed by atoms with van der Waals surface area (Å²) < 4.78 is 30.7. The van der Waals surface area contributed by atoms with Gasteiger partial charge in [-0.15, -0.1) is 0 Å². The van der Waals surface area contributed by atoms with Crippen LogP contribution in [0.25, 0.3) is 0 Å². The summed E-state index contributed by atoms with van der Waals surface area (Å²) in [6, 6.07) is 6.87. The van der Waals surface area contributed by atoms with Crippen LogP contribution in [0.2, 0.25) is 0 Å². The molecule has 1 fully saturated rings. The van der Waals surface area contributed by atoms with Crippen LogP contribution in [0.1, 0.15) is 39.0 Å². The molecule has 29 heavy (non-hydrogen) atoms. The number of benzene rings is 1. The summed E-state index contributed by atoms with van der Waals surface area (Å²) in [5.74, 6) is 1.41. The Labute approximate surface area is 175 Å². The molecule has 1 amide bonds. The van der Waals surface area contributed by atoms with Crippen molar-refractivity contribution in [3.05, 3.63) is 24.3 Å². The van der Waals surface area contributed by atoms with Crippen molar-refractivity contribution >= 4 is 21.6 Å². The minimum Gasteiger partial charge on any atom is -0.497 e. The first-order valence-corrected chi connectivity index (χ1v) is 12.2. The number of amides is 1. The molecule has 8 heteroatoms. The van der Waals surface area contributed by atoms with Gasteiger partial charge in [0.1, 0.15) is 5.75 Å². The molecule has 7 nitrogen and oxygen atoms in total. The van der Waals surface area contributed by atoms with Crippen LogP contribution in [0.3, 0.4) is 0 Å². The highest BCUT2D eigenvalue weighted by Gasteiger charge is 2.18. The molecule has 1 saturated heterocycles. The van der Waals surface area contributed by atoms with E-state index in [0.717, 1.165) is 32.0 Å². The van der Waals surface area contributed by atoms with Gasteiger partial charge in [0, 0.05) is 26.1 Å². The van der Waals surface area contributed by atoms with E-state index in [9.17, 15) is 13.2 Å². The van der Waals surface area contributed by atoms with Crippen LogP contribution in [0, 0.1) is 5.92 Å². The summed E-state index contributed by atoms with van der Waals surface area (Å²) in [5.41, 5.74) is 0.574. The Bertz CT molecular complexity index is 737. The Balaban J connectivity index is 1.70. The summed E-state index contributed by atoms with van der Waals surface area (Å²) in [6.45, 7) is 6.55. The standard InChI is InChI=1S/C21H35N3O4S/c1-18-7-4-14-23(17-18)15-6-13-22-21(25)8-5-16-24(29(3,26)27)19-9-11-20(28-2)12-10-19/h9-12,18H,4-8,13-17H2,1-3H3,(H,22,25)/t18-/m0/s1. The third-order valence-corrected chi connectivity index (χ3v) is 6.43. The maximum atomic E-state index is 12.1. The van der Waals surface area contributed by atoms with Crippen molar-refractivity contribution < 1.29 is 17.9 Å². The number of hydrogen-bond donors (Lipinski definition) is 1. The summed E-state index contributed by atoms with van der Waals surface area (Å²) in [7, 11) is -1.85. The van der Waals surface area contributed by atoms with Crippen LogP contribution in [-0.4, -0.2) is 65.3 Å². The van der Waals surface area contributed by atoms with Crippen LogP contribution in [0.5, 0.6) is 5.75 Å². The Kier molecular flexibility index (Phi) is 9.23. The molecule has 1 aromatic carbocycles. The van der Waals surface area contributed by atoms with Gasteiger partial charge in [-0.25, -0.2) is 8.42 Å². The molecule has 1 aliphatic heterocycles. The van der Waals surface area contributed by atoms with E-state index in [1.54, 1.807) is 31.4 Å². The number of hydrogen-bond acceptors (Lipinski definition) is 5. The number of carbonyl (C=O) groups is 1. The van der Waals surface area contributed by atoms with E-state index in [1.807, 2.05) is 0 Å². The highest BCUT2D eigenvalue weighted by molar-refractivity contribution is 7.92. The third-order valence-electron chi connectivity index (χ3n) is 5.24. The van der Waals surface area contributed by atoms with E-state index in [1.165, 1.54) is 23.4 Å². The Morgan fingerprint density at radius 2 is 2.00 bits per heavy atom. The quantitative estimate of drug-likeness (QED) is 0.551. The average Bonchev–Trinajstić information content (AvgIpc) is 2.68. The number of ether oxygens (including phenoxy) is 1. The number of likely N-dealkylation sites (tertiary alicyclic amines) is 1. The number of nitrogens with one attached hydrogen (secondary N) is 1. The smallest absolute Gasteiger partial charge is 0.232 e. The second-order valence-electron chi connectivity index (χ2n) is 7.89. The number of methoxy groups -OCH3 is 1. The number of carbonyl (C=O) groups excluding carboxylic acids is 1. The van der Waals surface area contributed by atoms with Crippen LogP contribution < -0.4 is 14.4 Å². The van der Waals surface area contributed by atoms with Crippen LogP contribution in [-0.2, 0) is 14.8 Å². The van der Waals surface area contributed by atoms with Crippen molar-refractivity contribution in [1.82, 2.24) is 10.2 Å². The largest absolute Gasteiger partial charge is 0.497 e. The summed E-state index contributed by atoms with van der Waals surface area (Å²) in [4.78, 5) is 14.6. The van der Waals surface area contributed by atoms with Gasteiger partial charge in [-0.2, -0.15) is 0 Å². The minimum absolute atomic E-state index is 0.0276. The lowest BCUT2D eigenvalue weighted by molar-refractivity contribution is -0.121. The predicted octanol–water partition coefficient (Wildman–Crippen LogP) is 2.48. The van der Waals surface area contributed by atoms with Gasteiger partial charge in [0.25, 0.3) is 0 Å². The van der Waals surface area contributed by atoms with Crippen molar-refractivity contribution in [2.24, 2.45) is 5.92 Å². The third kappa shape index (κ3) is 8.22. The molecule has 1 aliphatic rings. The maximum Gasteiger partial charge on any atom is 0.232 e. The molecule has 2 rings (SSSR count). The Morgan fingerprint density at radius 3 is 2.62 bits per heavy atom. The SMILES string of the molecule is COc1ccc(N(CCCC(=O)NCCCN2CCC[C@H](C)C2)S(C)(=O)=O)cc1. The molecule has 1 aromatic rings. The van der Waals surface area contributed by atoms with Gasteiger partial charge in [0.05, 0.1) is 19.1 Å². The predicted molar refractivity (Wildman–Crippen MR) is 117 cm³/mol. The van der Waals surface area contributed by atoms with Crippen molar-refractivity contribution in [3.8, 4) is 5.75 Å². The second kappa shape index (κ2) is 11.4. The van der Waals surface area contributed by atoms with E-state index in [2.05, 4.69) is 17.1 Å². The molecule has 0 aromatic heterocycles. The number of anilines is 1. The fourth-order valence-electron chi connectivity index (χ4n) is 3.73. The van der Waals surface area contributed by atoms with Crippen molar-refractivity contribution in [2.75, 3.05) is 50.4 Å². The molecule has 0 spiro atoms. The van der Waals surface area contributed by atoms with Crippen molar-refractivity contribution in [2.45, 2.75) is 39.0 Å². The monoisotopic (exact) mass is 425 g/mol. The normalized spacial score (nSPS) is 17.7. The highest BCUT2D eigenvalue weighted by Crippen LogP contribution is 2.22. The van der Waals surface area contributed by atoms with E-state index in [4.69, 9.17) is 4.74 Å². The molecule has 0 unspecified atom stereocenters. The lowest BCUT2D eigenvalue weighted by Gasteiger charge is -2.30. The minimum atomic E-state index is -3.42. The summed E-state index contributed by atoms with van der Waals surface area (Å²) in [5, 5.41) is 2.95. The fourth-order valence-corrected chi connectivity index (χ4v) is 4.69. The molecule has 0 saturated carbocycles. The molecule has 164 valence electrons. The van der Waals surface area contributed by atoms with Gasteiger partial charge in [-0.1, -0.05) is 6.92 Å². The summed E-state index contributed by atoms with van der Waals surface area (Å²) >= 11 is 0. The van der Waals surface area contributed by atoms with Crippen LogP contribution >= 0.6 is 0 Å². The first kappa shape index (κ1) is 23.5. The van der Waals surface area contributed by atoms with Gasteiger partial charge in [0.2, 0.25) is 15.9 Å². The number of nitrogens with zero attached hydrogens (tertiary/aromatic N) is 2. The van der Waals surface area contributed by atoms with Gasteiger partial charge >= 0.3 is 0 Å². The molecule has 1 atom stereocenters. The molecule has 0 bridgehead atoms. The van der Waals surface area contributed by atoms with Gasteiger partial charge in [-0.05, 0) is 69.0 Å². The number of rotatable bonds is 11. The fraction of sp³-hybridized carbons (Fsp3) is 0.667. The van der Waals surface area contributed by atoms with Gasteiger partial charge in [-0.3, -0.25) is 9.10 Å². The summed E-state index contributed by atoms with van der Waals surface area (Å²) in [6.07, 6.45) is 5.48. The second-order valence-corrected chi connectivity index (χ2v) is 9.80. The van der Waals surface area contributed by atoms with Crippen LogP contribution in [0.15, 0.2) is 24.3 Å². The number of piperidine rings is 1. The van der Waals surface area contributed by atoms with E-state index >= 15 is 0 Å². The molecule has 1 heterocycles. The highest BCUT2D eigenvalue weighted by atomic mass is 32.2. The lowest BCUT2D eigenvalue weighted by atomic mass is 10.0. The van der Waals surface area contributed by atoms with Crippen molar-refractivity contribution in [1.29, 1.82) is 0 Å². The zero-order valence-electron chi connectivity index (χ0n) is 17.9. The van der Waals surface area contributed by atoms with Crippen molar-refractivity contribution in [3.63, 3.8) is 0 Å². The first-order chi connectivity index (χ1) is 13.8. The molecule has 0 aliphatic carbocycles. The van der Waals surface area contributed by atoms with Gasteiger partial charge in [0.15, 0.2) is 0 Å². The Morgan fingerprint density at radius 1 is 1.28 bits per heavy atom. The molecule has 0 radical (unpaired) electrons. The molecule has 1 N–H and O–H groups in total. The van der Waals surface area contributed by atoms with Crippen LogP contribution in [0.4, 0.5) is 5.69 Å². The zero-order valence-corrected chi connectivity index (χ0v) is 18.7. The Hall–Kier alpha value is -1.80. The van der Waals surface area contributed by atoms with E-state index in [-0.39, 0.29) is 12.5 Å². The average molecular weight is 426 g/mol. The van der Waals surface area contributed by atoms with Gasteiger partial charge < -0.3 is 15.0 Å². The topological polar surface area (TPSA) is 79.0 Å².